The van der Waals surface area contributed by atoms with Crippen molar-refractivity contribution in [3.8, 4) is 0 Å². The Balaban J connectivity index is 2.45. The van der Waals surface area contributed by atoms with Crippen molar-refractivity contribution in [1.29, 1.82) is 0 Å². The average Bonchev–Trinajstić information content (AvgIpc) is 2.31. The summed E-state index contributed by atoms with van der Waals surface area (Å²) in [6, 6.07) is 0. The van der Waals surface area contributed by atoms with E-state index in [9.17, 15) is 9.90 Å². The Labute approximate surface area is 66.2 Å². The molecule has 0 fully saturated rings. The van der Waals surface area contributed by atoms with Crippen molar-refractivity contribution < 1.29 is 9.90 Å². The van der Waals surface area contributed by atoms with Gasteiger partial charge in [-0.05, 0) is 0 Å². The smallest absolute Gasteiger partial charge is 0.216 e. The molecule has 0 radical (unpaired) electrons. The van der Waals surface area contributed by atoms with Gasteiger partial charge in [0.15, 0.2) is 0 Å². The predicted octanol–water partition coefficient (Wildman–Crippen LogP) is -1.77. The number of anilines is 1. The van der Waals surface area contributed by atoms with Crippen molar-refractivity contribution in [3.63, 3.8) is 0 Å². The highest BCUT2D eigenvalue weighted by molar-refractivity contribution is 7.99. The molecule has 7 heteroatoms. The number of rotatable bonds is 3. The fourth-order valence-electron chi connectivity index (χ4n) is 0.446. The Morgan fingerprint density at radius 2 is 2.55 bits per heavy atom. The van der Waals surface area contributed by atoms with Crippen molar-refractivity contribution in [2.45, 2.75) is 5.16 Å². The van der Waals surface area contributed by atoms with E-state index in [-0.39, 0.29) is 11.7 Å². The molecule has 6 nitrogen and oxygen atoms in total. The first-order chi connectivity index (χ1) is 5.18. The van der Waals surface area contributed by atoms with E-state index in [4.69, 9.17) is 5.73 Å². The van der Waals surface area contributed by atoms with Crippen LogP contribution in [-0.2, 0) is 4.79 Å². The topological polar surface area (TPSA) is 108 Å². The number of carboxylic acid groups (broad SMARTS) is 1. The third kappa shape index (κ3) is 2.46. The van der Waals surface area contributed by atoms with Gasteiger partial charge in [-0.15, -0.1) is 5.10 Å². The molecule has 0 atom stereocenters. The van der Waals surface area contributed by atoms with E-state index < -0.39 is 5.97 Å². The predicted molar refractivity (Wildman–Crippen MR) is 36.5 cm³/mol. The van der Waals surface area contributed by atoms with Crippen LogP contribution < -0.4 is 10.8 Å². The summed E-state index contributed by atoms with van der Waals surface area (Å²) in [4.78, 5) is 13.6. The highest BCUT2D eigenvalue weighted by Gasteiger charge is 1.99. The summed E-state index contributed by atoms with van der Waals surface area (Å²) in [5.41, 5.74) is 5.18. The van der Waals surface area contributed by atoms with E-state index in [1.165, 1.54) is 0 Å². The van der Waals surface area contributed by atoms with E-state index in [1.807, 2.05) is 0 Å². The number of aromatic amines is 1. The maximum Gasteiger partial charge on any atom is 0.216 e. The lowest BCUT2D eigenvalue weighted by Gasteiger charge is -1.95. The molecular formula is C4H5N4O2S-. The van der Waals surface area contributed by atoms with Crippen LogP contribution in [0.15, 0.2) is 5.16 Å². The molecule has 0 unspecified atom stereocenters. The lowest BCUT2D eigenvalue weighted by Crippen LogP contribution is -2.24. The van der Waals surface area contributed by atoms with Crippen molar-refractivity contribution in [1.82, 2.24) is 15.2 Å². The molecule has 60 valence electrons. The molecule has 1 rings (SSSR count). The van der Waals surface area contributed by atoms with Crippen LogP contribution in [0.5, 0.6) is 0 Å². The van der Waals surface area contributed by atoms with Crippen LogP contribution in [0.2, 0.25) is 0 Å². The molecular weight excluding hydrogens is 168 g/mol. The van der Waals surface area contributed by atoms with Gasteiger partial charge in [-0.1, -0.05) is 11.8 Å². The molecule has 0 aliphatic rings. The number of nitrogens with two attached hydrogens (primary N) is 1. The molecule has 0 aromatic carbocycles. The van der Waals surface area contributed by atoms with Crippen LogP contribution >= 0.6 is 11.8 Å². The molecule has 0 bridgehead atoms. The quantitative estimate of drug-likeness (QED) is 0.523. The molecule has 1 heterocycles. The second kappa shape index (κ2) is 3.24. The summed E-state index contributed by atoms with van der Waals surface area (Å²) in [7, 11) is 0. The van der Waals surface area contributed by atoms with Gasteiger partial charge in [-0.3, -0.25) is 0 Å². The number of aromatic nitrogens is 3. The normalized spacial score (nSPS) is 9.82. The number of carboxylic acids is 1. The summed E-state index contributed by atoms with van der Waals surface area (Å²) in [6.07, 6.45) is 0. The second-order valence-electron chi connectivity index (χ2n) is 1.66. The average molecular weight is 173 g/mol. The van der Waals surface area contributed by atoms with E-state index in [0.717, 1.165) is 11.8 Å². The van der Waals surface area contributed by atoms with Gasteiger partial charge in [0, 0.05) is 5.75 Å². The van der Waals surface area contributed by atoms with E-state index >= 15 is 0 Å². The van der Waals surface area contributed by atoms with Crippen LogP contribution in [0.1, 0.15) is 0 Å². The minimum atomic E-state index is -1.15. The highest BCUT2D eigenvalue weighted by atomic mass is 32.2. The Morgan fingerprint density at radius 3 is 3.00 bits per heavy atom. The Kier molecular flexibility index (Phi) is 2.32. The summed E-state index contributed by atoms with van der Waals surface area (Å²) in [6.45, 7) is 0. The standard InChI is InChI=1S/C4H6N4O2S/c5-3-6-4(8-7-3)11-1-2(9)10/h1H2,(H,9,10)(H3,5,6,7,8)/p-1. The summed E-state index contributed by atoms with van der Waals surface area (Å²) in [5, 5.41) is 16.2. The molecule has 3 N–H and O–H groups in total. The number of nitrogen functional groups attached to an aromatic ring is 1. The van der Waals surface area contributed by atoms with E-state index in [1.54, 1.807) is 0 Å². The largest absolute Gasteiger partial charge is 0.549 e. The second-order valence-corrected chi connectivity index (χ2v) is 2.61. The van der Waals surface area contributed by atoms with Gasteiger partial charge in [-0.2, -0.15) is 4.98 Å². The number of nitrogens with one attached hydrogen (secondary N) is 1. The lowest BCUT2D eigenvalue weighted by molar-refractivity contribution is -0.301. The number of H-pyrrole nitrogens is 1. The molecule has 11 heavy (non-hydrogen) atoms. The first kappa shape index (κ1) is 7.86. The minimum Gasteiger partial charge on any atom is -0.549 e. The van der Waals surface area contributed by atoms with Crippen molar-refractivity contribution in [2.75, 3.05) is 11.5 Å². The number of carbonyl (C=O) groups is 1. The number of nitrogens with zero attached hydrogens (tertiary/aromatic N) is 2. The van der Waals surface area contributed by atoms with E-state index in [0.29, 0.717) is 5.16 Å². The minimum absolute atomic E-state index is 0.169. The maximum absolute atomic E-state index is 9.95. The Hall–Kier alpha value is -1.24. The summed E-state index contributed by atoms with van der Waals surface area (Å²) >= 11 is 0.954. The number of hydrogen-bond donors (Lipinski definition) is 2. The van der Waals surface area contributed by atoms with Crippen LogP contribution in [0.25, 0.3) is 0 Å². The van der Waals surface area contributed by atoms with Gasteiger partial charge in [0.1, 0.15) is 0 Å². The first-order valence-electron chi connectivity index (χ1n) is 2.69. The van der Waals surface area contributed by atoms with Gasteiger partial charge in [0.25, 0.3) is 0 Å². The maximum atomic E-state index is 9.95. The van der Waals surface area contributed by atoms with E-state index in [2.05, 4.69) is 15.2 Å². The number of carbonyl (C=O) groups excluding carboxylic acids is 1. The van der Waals surface area contributed by atoms with Gasteiger partial charge < -0.3 is 15.6 Å². The molecule has 0 spiro atoms. The first-order valence-corrected chi connectivity index (χ1v) is 3.67. The lowest BCUT2D eigenvalue weighted by atomic mass is 10.8. The summed E-state index contributed by atoms with van der Waals surface area (Å²) in [5.74, 6) is -1.15. The van der Waals surface area contributed by atoms with Crippen molar-refractivity contribution in [3.05, 3.63) is 0 Å². The third-order valence-corrected chi connectivity index (χ3v) is 1.62. The highest BCUT2D eigenvalue weighted by Crippen LogP contribution is 2.10. The summed E-state index contributed by atoms with van der Waals surface area (Å²) < 4.78 is 0. The number of aliphatic carboxylic acids is 1. The fourth-order valence-corrected chi connectivity index (χ4v) is 0.966. The molecule has 0 aliphatic heterocycles. The molecule has 1 aromatic heterocycles. The van der Waals surface area contributed by atoms with Crippen molar-refractivity contribution >= 4 is 23.7 Å². The number of hydrogen-bond acceptors (Lipinski definition) is 6. The van der Waals surface area contributed by atoms with Gasteiger partial charge in [-0.25, -0.2) is 5.10 Å². The molecule has 1 aromatic rings. The van der Waals surface area contributed by atoms with Gasteiger partial charge in [0.05, 0.1) is 5.97 Å². The SMILES string of the molecule is Nc1nc(SCC(=O)[O-])n[nH]1. The van der Waals surface area contributed by atoms with Crippen LogP contribution in [0, 0.1) is 0 Å². The van der Waals surface area contributed by atoms with Crippen LogP contribution in [-0.4, -0.2) is 26.9 Å². The van der Waals surface area contributed by atoms with Crippen LogP contribution in [0.4, 0.5) is 5.95 Å². The number of thioether (sulfide) groups is 1. The molecule has 0 amide bonds. The Morgan fingerprint density at radius 1 is 1.82 bits per heavy atom. The molecule has 0 saturated carbocycles. The monoisotopic (exact) mass is 173 g/mol. The van der Waals surface area contributed by atoms with Crippen LogP contribution in [0.3, 0.4) is 0 Å². The third-order valence-electron chi connectivity index (χ3n) is 0.801. The van der Waals surface area contributed by atoms with Gasteiger partial charge in [0.2, 0.25) is 11.1 Å². The molecule has 0 aliphatic carbocycles. The van der Waals surface area contributed by atoms with Crippen molar-refractivity contribution in [2.24, 2.45) is 0 Å². The zero-order valence-corrected chi connectivity index (χ0v) is 6.22. The zero-order valence-electron chi connectivity index (χ0n) is 5.40. The van der Waals surface area contributed by atoms with Gasteiger partial charge >= 0.3 is 0 Å². The molecule has 0 saturated heterocycles. The fraction of sp³-hybridized carbons (Fsp3) is 0.250. The zero-order chi connectivity index (χ0) is 8.27. The Bertz CT molecular complexity index is 260.